The molecule has 0 bridgehead atoms. The highest BCUT2D eigenvalue weighted by Gasteiger charge is 2.25. The minimum Gasteiger partial charge on any atom is -0.347 e. The van der Waals surface area contributed by atoms with Crippen LogP contribution < -0.4 is 5.32 Å². The van der Waals surface area contributed by atoms with Crippen molar-refractivity contribution in [2.45, 2.75) is 19.4 Å². The fourth-order valence-corrected chi connectivity index (χ4v) is 2.95. The predicted molar refractivity (Wildman–Crippen MR) is 67.1 cm³/mol. The van der Waals surface area contributed by atoms with Crippen LogP contribution in [-0.2, 0) is 9.59 Å². The summed E-state index contributed by atoms with van der Waals surface area (Å²) in [5.41, 5.74) is 0. The van der Waals surface area contributed by atoms with Crippen molar-refractivity contribution in [3.63, 3.8) is 0 Å². The predicted octanol–water partition coefficient (Wildman–Crippen LogP) is 1.81. The van der Waals surface area contributed by atoms with Crippen molar-refractivity contribution in [3.8, 4) is 0 Å². The lowest BCUT2D eigenvalue weighted by atomic mass is 10.2. The van der Waals surface area contributed by atoms with E-state index in [4.69, 9.17) is 11.6 Å². The number of hydrogen-bond donors (Lipinski definition) is 1. The first kappa shape index (κ1) is 12.4. The Morgan fingerprint density at radius 1 is 1.47 bits per heavy atom. The summed E-state index contributed by atoms with van der Waals surface area (Å²) >= 11 is 7.35. The fourth-order valence-electron chi connectivity index (χ4n) is 1.83. The van der Waals surface area contributed by atoms with E-state index >= 15 is 0 Å². The Labute approximate surface area is 109 Å². The molecule has 0 aliphatic carbocycles. The van der Waals surface area contributed by atoms with Crippen molar-refractivity contribution < 1.29 is 9.59 Å². The number of amides is 2. The molecule has 0 spiro atoms. The number of carbonyl (C=O) groups is 2. The van der Waals surface area contributed by atoms with E-state index in [9.17, 15) is 9.59 Å². The van der Waals surface area contributed by atoms with Crippen molar-refractivity contribution in [2.24, 2.45) is 0 Å². The second-order valence-corrected chi connectivity index (χ2v) is 5.68. The zero-order valence-corrected chi connectivity index (χ0v) is 11.0. The standard InChI is InChI=1S/C11H13ClN2O2S/c1-7(8-2-3-9(12)17-8)14-5-4-10(15)13-6-11(14)16/h2-3,7H,4-6H2,1H3,(H,13,15). The third kappa shape index (κ3) is 2.79. The molecule has 1 N–H and O–H groups in total. The van der Waals surface area contributed by atoms with E-state index in [-0.39, 0.29) is 24.4 Å². The molecule has 92 valence electrons. The second kappa shape index (κ2) is 5.06. The summed E-state index contributed by atoms with van der Waals surface area (Å²) in [6, 6.07) is 3.71. The lowest BCUT2D eigenvalue weighted by Gasteiger charge is -2.26. The van der Waals surface area contributed by atoms with Crippen LogP contribution >= 0.6 is 22.9 Å². The largest absolute Gasteiger partial charge is 0.347 e. The first-order valence-electron chi connectivity index (χ1n) is 5.39. The molecular weight excluding hydrogens is 260 g/mol. The van der Waals surface area contributed by atoms with Crippen molar-refractivity contribution in [1.29, 1.82) is 0 Å². The van der Waals surface area contributed by atoms with Gasteiger partial charge in [-0.1, -0.05) is 11.6 Å². The molecule has 6 heteroatoms. The van der Waals surface area contributed by atoms with Crippen molar-refractivity contribution in [3.05, 3.63) is 21.3 Å². The van der Waals surface area contributed by atoms with Crippen LogP contribution in [0.15, 0.2) is 12.1 Å². The molecule has 1 unspecified atom stereocenters. The molecule has 1 aliphatic heterocycles. The van der Waals surface area contributed by atoms with Gasteiger partial charge in [-0.2, -0.15) is 0 Å². The van der Waals surface area contributed by atoms with Crippen LogP contribution in [0, 0.1) is 0 Å². The zero-order chi connectivity index (χ0) is 12.4. The summed E-state index contributed by atoms with van der Waals surface area (Å²) in [5, 5.41) is 2.58. The molecule has 2 rings (SSSR count). The SMILES string of the molecule is CC(c1ccc(Cl)s1)N1CCC(=O)NCC1=O. The third-order valence-electron chi connectivity index (χ3n) is 2.81. The minimum atomic E-state index is -0.0720. The highest BCUT2D eigenvalue weighted by Crippen LogP contribution is 2.30. The van der Waals surface area contributed by atoms with Crippen LogP contribution in [-0.4, -0.2) is 29.8 Å². The Kier molecular flexibility index (Phi) is 3.69. The molecule has 1 saturated heterocycles. The molecule has 1 aliphatic rings. The molecule has 1 atom stereocenters. The zero-order valence-electron chi connectivity index (χ0n) is 9.40. The van der Waals surface area contributed by atoms with Gasteiger partial charge in [0.25, 0.3) is 0 Å². The molecule has 1 fully saturated rings. The molecule has 17 heavy (non-hydrogen) atoms. The number of hydrogen-bond acceptors (Lipinski definition) is 3. The van der Waals surface area contributed by atoms with Gasteiger partial charge in [0.2, 0.25) is 11.8 Å². The average Bonchev–Trinajstić information content (AvgIpc) is 2.65. The van der Waals surface area contributed by atoms with Gasteiger partial charge in [0.1, 0.15) is 0 Å². The summed E-state index contributed by atoms with van der Waals surface area (Å²) in [6.45, 7) is 2.50. The third-order valence-corrected chi connectivity index (χ3v) is 4.21. The highest BCUT2D eigenvalue weighted by molar-refractivity contribution is 7.16. The van der Waals surface area contributed by atoms with Crippen LogP contribution in [0.3, 0.4) is 0 Å². The van der Waals surface area contributed by atoms with Crippen LogP contribution in [0.25, 0.3) is 0 Å². The van der Waals surface area contributed by atoms with E-state index in [1.165, 1.54) is 11.3 Å². The molecular formula is C11H13ClN2O2S. The van der Waals surface area contributed by atoms with E-state index in [1.54, 1.807) is 4.90 Å². The Morgan fingerprint density at radius 3 is 2.88 bits per heavy atom. The first-order valence-corrected chi connectivity index (χ1v) is 6.59. The number of carbonyl (C=O) groups excluding carboxylic acids is 2. The molecule has 0 radical (unpaired) electrons. The van der Waals surface area contributed by atoms with Gasteiger partial charge in [-0.05, 0) is 19.1 Å². The molecule has 1 aromatic rings. The van der Waals surface area contributed by atoms with Gasteiger partial charge >= 0.3 is 0 Å². The molecule has 0 saturated carbocycles. The smallest absolute Gasteiger partial charge is 0.242 e. The van der Waals surface area contributed by atoms with Crippen LogP contribution in [0.1, 0.15) is 24.3 Å². The maximum absolute atomic E-state index is 11.9. The summed E-state index contributed by atoms with van der Waals surface area (Å²) in [5.74, 6) is -0.120. The van der Waals surface area contributed by atoms with Crippen LogP contribution in [0.2, 0.25) is 4.34 Å². The second-order valence-electron chi connectivity index (χ2n) is 3.93. The topological polar surface area (TPSA) is 49.4 Å². The molecule has 1 aromatic heterocycles. The number of nitrogens with one attached hydrogen (secondary N) is 1. The van der Waals surface area contributed by atoms with E-state index in [2.05, 4.69) is 5.32 Å². The van der Waals surface area contributed by atoms with Crippen molar-refractivity contribution in [2.75, 3.05) is 13.1 Å². The first-order chi connectivity index (χ1) is 8.08. The Morgan fingerprint density at radius 2 is 2.24 bits per heavy atom. The molecule has 2 heterocycles. The quantitative estimate of drug-likeness (QED) is 0.893. The van der Waals surface area contributed by atoms with Gasteiger partial charge in [-0.25, -0.2) is 0 Å². The molecule has 2 amide bonds. The van der Waals surface area contributed by atoms with E-state index in [1.807, 2.05) is 19.1 Å². The van der Waals surface area contributed by atoms with Gasteiger partial charge in [-0.15, -0.1) is 11.3 Å². The maximum atomic E-state index is 11.9. The minimum absolute atomic E-state index is 0.0345. The number of nitrogens with zero attached hydrogens (tertiary/aromatic N) is 1. The summed E-state index contributed by atoms with van der Waals surface area (Å²) in [4.78, 5) is 25.9. The van der Waals surface area contributed by atoms with E-state index < -0.39 is 0 Å². The molecule has 4 nitrogen and oxygen atoms in total. The highest BCUT2D eigenvalue weighted by atomic mass is 35.5. The number of thiophene rings is 1. The summed E-state index contributed by atoms with van der Waals surface area (Å²) in [7, 11) is 0. The molecule has 0 aromatic carbocycles. The Balaban J connectivity index is 2.15. The number of rotatable bonds is 2. The van der Waals surface area contributed by atoms with Crippen molar-refractivity contribution in [1.82, 2.24) is 10.2 Å². The van der Waals surface area contributed by atoms with Crippen molar-refractivity contribution >= 4 is 34.8 Å². The van der Waals surface area contributed by atoms with Gasteiger partial charge < -0.3 is 10.2 Å². The van der Waals surface area contributed by atoms with Gasteiger partial charge in [0, 0.05) is 17.8 Å². The summed E-state index contributed by atoms with van der Waals surface area (Å²) < 4.78 is 0.711. The maximum Gasteiger partial charge on any atom is 0.242 e. The fraction of sp³-hybridized carbons (Fsp3) is 0.455. The number of halogens is 1. The van der Waals surface area contributed by atoms with Crippen LogP contribution in [0.4, 0.5) is 0 Å². The van der Waals surface area contributed by atoms with E-state index in [0.29, 0.717) is 17.3 Å². The van der Waals surface area contributed by atoms with Gasteiger partial charge in [0.05, 0.1) is 16.9 Å². The van der Waals surface area contributed by atoms with Gasteiger partial charge in [0.15, 0.2) is 0 Å². The van der Waals surface area contributed by atoms with Gasteiger partial charge in [-0.3, -0.25) is 9.59 Å². The van der Waals surface area contributed by atoms with E-state index in [0.717, 1.165) is 4.88 Å². The summed E-state index contributed by atoms with van der Waals surface area (Å²) in [6.07, 6.45) is 0.356. The lowest BCUT2D eigenvalue weighted by Crippen LogP contribution is -2.36. The lowest BCUT2D eigenvalue weighted by molar-refractivity contribution is -0.131. The average molecular weight is 273 g/mol. The normalized spacial score (nSPS) is 18.8. The van der Waals surface area contributed by atoms with Crippen LogP contribution in [0.5, 0.6) is 0 Å². The Hall–Kier alpha value is -1.07. The Bertz CT molecular complexity index is 446. The monoisotopic (exact) mass is 272 g/mol.